The molecule has 21 heavy (non-hydrogen) atoms. The van der Waals surface area contributed by atoms with E-state index in [0.29, 0.717) is 11.9 Å². The van der Waals surface area contributed by atoms with E-state index in [1.165, 1.54) is 37.1 Å². The first-order valence-electron chi connectivity index (χ1n) is 7.63. The number of hydrogen-bond acceptors (Lipinski definition) is 6. The maximum Gasteiger partial charge on any atom is 0.241 e. The fourth-order valence-electron chi connectivity index (χ4n) is 3.18. The third-order valence-corrected chi connectivity index (χ3v) is 4.26. The number of hydrogen-bond donors (Lipinski definition) is 1. The standard InChI is InChI=1S/C14H19N7/c15-12-17-13(20-7-3-4-8-20)19-14(18-12)21-9-16-10-5-1-2-6-11(10)21/h9H,1-8H2,(H2,15,17,18,19). The van der Waals surface area contributed by atoms with E-state index in [-0.39, 0.29) is 5.95 Å². The second-order valence-corrected chi connectivity index (χ2v) is 5.70. The number of aryl methyl sites for hydroxylation is 1. The molecular formula is C14H19N7. The Morgan fingerprint density at radius 3 is 2.52 bits per heavy atom. The van der Waals surface area contributed by atoms with Crippen LogP contribution in [0.3, 0.4) is 0 Å². The van der Waals surface area contributed by atoms with E-state index >= 15 is 0 Å². The fraction of sp³-hybridized carbons (Fsp3) is 0.571. The minimum Gasteiger partial charge on any atom is -0.368 e. The average Bonchev–Trinajstić information content (AvgIpc) is 3.16. The van der Waals surface area contributed by atoms with E-state index < -0.39 is 0 Å². The molecule has 1 aliphatic heterocycles. The summed E-state index contributed by atoms with van der Waals surface area (Å²) in [6.07, 6.45) is 8.66. The number of imidazole rings is 1. The summed E-state index contributed by atoms with van der Waals surface area (Å²) in [4.78, 5) is 19.9. The van der Waals surface area contributed by atoms with Crippen molar-refractivity contribution in [1.82, 2.24) is 24.5 Å². The minimum absolute atomic E-state index is 0.278. The summed E-state index contributed by atoms with van der Waals surface area (Å²) >= 11 is 0. The zero-order valence-corrected chi connectivity index (χ0v) is 12.0. The molecule has 1 saturated heterocycles. The van der Waals surface area contributed by atoms with E-state index in [4.69, 9.17) is 5.73 Å². The van der Waals surface area contributed by atoms with Crippen molar-refractivity contribution in [1.29, 1.82) is 0 Å². The van der Waals surface area contributed by atoms with Gasteiger partial charge in [0.15, 0.2) is 0 Å². The highest BCUT2D eigenvalue weighted by molar-refractivity contribution is 5.39. The summed E-state index contributed by atoms with van der Waals surface area (Å²) in [5, 5.41) is 0. The third-order valence-electron chi connectivity index (χ3n) is 4.26. The number of aromatic nitrogens is 5. The van der Waals surface area contributed by atoms with Crippen LogP contribution in [0.1, 0.15) is 37.1 Å². The lowest BCUT2D eigenvalue weighted by Crippen LogP contribution is -2.22. The molecule has 2 N–H and O–H groups in total. The Hall–Kier alpha value is -2.18. The van der Waals surface area contributed by atoms with Crippen LogP contribution in [0.25, 0.3) is 5.95 Å². The van der Waals surface area contributed by atoms with E-state index in [9.17, 15) is 0 Å². The van der Waals surface area contributed by atoms with Gasteiger partial charge >= 0.3 is 0 Å². The molecule has 0 atom stereocenters. The van der Waals surface area contributed by atoms with Crippen LogP contribution in [0.15, 0.2) is 6.33 Å². The molecule has 110 valence electrons. The van der Waals surface area contributed by atoms with Gasteiger partial charge in [-0.3, -0.25) is 4.57 Å². The van der Waals surface area contributed by atoms with Crippen LogP contribution in [0.5, 0.6) is 0 Å². The molecule has 4 rings (SSSR count). The van der Waals surface area contributed by atoms with Crippen molar-refractivity contribution in [2.45, 2.75) is 38.5 Å². The number of nitrogens with two attached hydrogens (primary N) is 1. The Morgan fingerprint density at radius 2 is 1.67 bits per heavy atom. The van der Waals surface area contributed by atoms with Gasteiger partial charge in [-0.1, -0.05) is 0 Å². The van der Waals surface area contributed by atoms with Crippen LogP contribution in [0, 0.1) is 0 Å². The Kier molecular flexibility index (Phi) is 2.98. The summed E-state index contributed by atoms with van der Waals surface area (Å²) in [5.74, 6) is 1.56. The van der Waals surface area contributed by atoms with Crippen LogP contribution in [-0.2, 0) is 12.8 Å². The first-order valence-corrected chi connectivity index (χ1v) is 7.63. The predicted octanol–water partition coefficient (Wildman–Crippen LogP) is 1.12. The van der Waals surface area contributed by atoms with Crippen molar-refractivity contribution in [3.8, 4) is 5.95 Å². The summed E-state index contributed by atoms with van der Waals surface area (Å²) in [6, 6.07) is 0. The maximum absolute atomic E-state index is 5.89. The zero-order chi connectivity index (χ0) is 14.2. The first kappa shape index (κ1) is 12.6. The summed E-state index contributed by atoms with van der Waals surface area (Å²) in [5.41, 5.74) is 8.28. The summed E-state index contributed by atoms with van der Waals surface area (Å²) in [7, 11) is 0. The number of anilines is 2. The molecule has 1 fully saturated rings. The Morgan fingerprint density at radius 1 is 0.905 bits per heavy atom. The maximum atomic E-state index is 5.89. The molecular weight excluding hydrogens is 266 g/mol. The molecule has 7 heteroatoms. The van der Waals surface area contributed by atoms with Crippen LogP contribution in [0.2, 0.25) is 0 Å². The normalized spacial score (nSPS) is 18.0. The molecule has 7 nitrogen and oxygen atoms in total. The van der Waals surface area contributed by atoms with Crippen molar-refractivity contribution >= 4 is 11.9 Å². The second-order valence-electron chi connectivity index (χ2n) is 5.70. The van der Waals surface area contributed by atoms with Crippen LogP contribution in [-0.4, -0.2) is 37.6 Å². The SMILES string of the molecule is Nc1nc(N2CCCC2)nc(-n2cnc3c2CCCC3)n1. The molecule has 2 aromatic heterocycles. The highest BCUT2D eigenvalue weighted by Crippen LogP contribution is 2.23. The van der Waals surface area contributed by atoms with Gasteiger partial charge in [0, 0.05) is 18.8 Å². The molecule has 0 saturated carbocycles. The molecule has 2 aromatic rings. The van der Waals surface area contributed by atoms with Gasteiger partial charge in [-0.2, -0.15) is 15.0 Å². The number of nitrogens with zero attached hydrogens (tertiary/aromatic N) is 6. The highest BCUT2D eigenvalue weighted by Gasteiger charge is 2.20. The van der Waals surface area contributed by atoms with Gasteiger partial charge in [-0.15, -0.1) is 0 Å². The molecule has 2 aliphatic rings. The smallest absolute Gasteiger partial charge is 0.241 e. The monoisotopic (exact) mass is 285 g/mol. The van der Waals surface area contributed by atoms with E-state index in [2.05, 4.69) is 24.8 Å². The van der Waals surface area contributed by atoms with Crippen molar-refractivity contribution in [3.05, 3.63) is 17.7 Å². The largest absolute Gasteiger partial charge is 0.368 e. The van der Waals surface area contributed by atoms with Crippen LogP contribution < -0.4 is 10.6 Å². The van der Waals surface area contributed by atoms with E-state index in [1.807, 2.05) is 10.9 Å². The van der Waals surface area contributed by atoms with Gasteiger partial charge < -0.3 is 10.6 Å². The van der Waals surface area contributed by atoms with Gasteiger partial charge in [0.25, 0.3) is 0 Å². The van der Waals surface area contributed by atoms with Gasteiger partial charge in [0.05, 0.1) is 5.69 Å². The minimum atomic E-state index is 0.278. The zero-order valence-electron chi connectivity index (χ0n) is 12.0. The predicted molar refractivity (Wildman–Crippen MR) is 79.5 cm³/mol. The molecule has 0 bridgehead atoms. The topological polar surface area (TPSA) is 85.8 Å². The Bertz CT molecular complexity index is 657. The molecule has 0 radical (unpaired) electrons. The summed E-state index contributed by atoms with van der Waals surface area (Å²) < 4.78 is 1.98. The molecule has 1 aliphatic carbocycles. The first-order chi connectivity index (χ1) is 10.3. The average molecular weight is 285 g/mol. The fourth-order valence-corrected chi connectivity index (χ4v) is 3.18. The van der Waals surface area contributed by atoms with Crippen molar-refractivity contribution < 1.29 is 0 Å². The number of fused-ring (bicyclic) bond motifs is 1. The lowest BCUT2D eigenvalue weighted by Gasteiger charge is -2.17. The third kappa shape index (κ3) is 2.22. The van der Waals surface area contributed by atoms with Gasteiger partial charge in [0.1, 0.15) is 6.33 Å². The van der Waals surface area contributed by atoms with Crippen molar-refractivity contribution in [2.24, 2.45) is 0 Å². The molecule has 0 spiro atoms. The van der Waals surface area contributed by atoms with E-state index in [0.717, 1.165) is 25.9 Å². The number of rotatable bonds is 2. The summed E-state index contributed by atoms with van der Waals surface area (Å²) in [6.45, 7) is 1.98. The molecule has 0 amide bonds. The number of nitrogen functional groups attached to an aromatic ring is 1. The Balaban J connectivity index is 1.76. The van der Waals surface area contributed by atoms with E-state index in [1.54, 1.807) is 0 Å². The van der Waals surface area contributed by atoms with Crippen molar-refractivity contribution in [2.75, 3.05) is 23.7 Å². The lowest BCUT2D eigenvalue weighted by atomic mass is 10.0. The highest BCUT2D eigenvalue weighted by atomic mass is 15.3. The quantitative estimate of drug-likeness (QED) is 0.890. The van der Waals surface area contributed by atoms with Gasteiger partial charge in [0.2, 0.25) is 17.8 Å². The lowest BCUT2D eigenvalue weighted by molar-refractivity contribution is 0.651. The van der Waals surface area contributed by atoms with Crippen LogP contribution in [0.4, 0.5) is 11.9 Å². The Labute approximate surface area is 123 Å². The van der Waals surface area contributed by atoms with Gasteiger partial charge in [-0.05, 0) is 38.5 Å². The van der Waals surface area contributed by atoms with Crippen molar-refractivity contribution in [3.63, 3.8) is 0 Å². The van der Waals surface area contributed by atoms with Gasteiger partial charge in [-0.25, -0.2) is 4.98 Å². The molecule has 0 aromatic carbocycles. The van der Waals surface area contributed by atoms with Crippen LogP contribution >= 0.6 is 0 Å². The second kappa shape index (κ2) is 4.98. The molecule has 0 unspecified atom stereocenters. The molecule has 3 heterocycles.